The van der Waals surface area contributed by atoms with Crippen LogP contribution in [0, 0.1) is 0 Å². The minimum absolute atomic E-state index is 0. The average molecular weight is 912 g/mol. The zero-order chi connectivity index (χ0) is 38.9. The van der Waals surface area contributed by atoms with Crippen LogP contribution >= 0.6 is 0 Å². The van der Waals surface area contributed by atoms with E-state index >= 15 is 0 Å². The molecule has 0 amide bonds. The fourth-order valence-corrected chi connectivity index (χ4v) is 16.1. The van der Waals surface area contributed by atoms with E-state index in [1.165, 1.54) is 0 Å². The Bertz CT molecular complexity index is 985. The maximum Gasteiger partial charge on any atom is 0.333 e. The predicted molar refractivity (Wildman–Crippen MR) is 285 cm³/mol. The molecule has 0 radical (unpaired) electrons. The Labute approximate surface area is 382 Å². The molecular weight excluding hydrogens is 801 g/mol. The van der Waals surface area contributed by atoms with Gasteiger partial charge in [0, 0.05) is 24.9 Å². The first-order chi connectivity index (χ1) is 23.5. The van der Waals surface area contributed by atoms with Crippen LogP contribution in [-0.4, -0.2) is 77.3 Å². The van der Waals surface area contributed by atoms with Gasteiger partial charge in [-0.1, -0.05) is 174 Å². The van der Waals surface area contributed by atoms with E-state index in [9.17, 15) is 9.59 Å². The summed E-state index contributed by atoms with van der Waals surface area (Å²) in [5, 5.41) is 0. The lowest BCUT2D eigenvalue weighted by atomic mass is 10.4. The Hall–Kier alpha value is -2.65. The van der Waals surface area contributed by atoms with E-state index in [0.29, 0.717) is 37.6 Å². The summed E-state index contributed by atoms with van der Waals surface area (Å²) in [6.07, 6.45) is 1.01. The fraction of sp³-hybridized carbons (Fsp3) is 0.633. The molecular formula is C49H110O8Si3. The van der Waals surface area contributed by atoms with Crippen molar-refractivity contribution in [3.8, 4) is 0 Å². The lowest BCUT2D eigenvalue weighted by molar-refractivity contribution is -0.139. The SMILES string of the molecule is C.C.C.C.C.C.C.C.C.C.C=C(C)C(=O)OCC.C=C(C)C(=O)OCC.CC[Si](C)(C)O[Si](C)(CCCOCCOC)O[Si](C)(C)CC.c1ccccc1.c1ccccc1. The van der Waals surface area contributed by atoms with Crippen molar-refractivity contribution in [3.63, 3.8) is 0 Å². The van der Waals surface area contributed by atoms with Gasteiger partial charge in [-0.3, -0.25) is 0 Å². The van der Waals surface area contributed by atoms with Crippen molar-refractivity contribution in [2.45, 2.75) is 173 Å². The van der Waals surface area contributed by atoms with Crippen molar-refractivity contribution in [1.29, 1.82) is 0 Å². The third kappa shape index (κ3) is 64.5. The molecule has 0 unspecified atom stereocenters. The van der Waals surface area contributed by atoms with Gasteiger partial charge < -0.3 is 27.2 Å². The van der Waals surface area contributed by atoms with Gasteiger partial charge in [0.15, 0.2) is 16.6 Å². The van der Waals surface area contributed by atoms with Gasteiger partial charge in [0.2, 0.25) is 0 Å². The first kappa shape index (κ1) is 92.6. The lowest BCUT2D eigenvalue weighted by Gasteiger charge is -2.40. The minimum Gasteiger partial charge on any atom is -0.463 e. The summed E-state index contributed by atoms with van der Waals surface area (Å²) >= 11 is 0. The molecule has 0 spiro atoms. The van der Waals surface area contributed by atoms with Gasteiger partial charge in [-0.2, -0.15) is 0 Å². The van der Waals surface area contributed by atoms with E-state index in [1.807, 2.05) is 72.8 Å². The summed E-state index contributed by atoms with van der Waals surface area (Å²) in [6, 6.07) is 27.3. The monoisotopic (exact) mass is 911 g/mol. The summed E-state index contributed by atoms with van der Waals surface area (Å²) in [5.41, 5.74) is 0.902. The predicted octanol–water partition coefficient (Wildman–Crippen LogP) is 16.6. The first-order valence-electron chi connectivity index (χ1n) is 17.6. The third-order valence-corrected chi connectivity index (χ3v) is 19.2. The maximum absolute atomic E-state index is 10.4. The molecule has 0 atom stereocenters. The van der Waals surface area contributed by atoms with E-state index in [2.05, 4.69) is 69.2 Å². The molecule has 0 bridgehead atoms. The van der Waals surface area contributed by atoms with Gasteiger partial charge >= 0.3 is 20.5 Å². The van der Waals surface area contributed by atoms with Crippen LogP contribution in [0.4, 0.5) is 0 Å². The summed E-state index contributed by atoms with van der Waals surface area (Å²) in [4.78, 5) is 20.8. The molecule has 0 aliphatic carbocycles. The molecule has 0 aliphatic rings. The first-order valence-corrected chi connectivity index (χ1v) is 26.3. The van der Waals surface area contributed by atoms with Gasteiger partial charge in [-0.05, 0) is 85.0 Å². The second-order valence-corrected chi connectivity index (χ2v) is 25.4. The Morgan fingerprint density at radius 2 is 0.750 bits per heavy atom. The number of esters is 2. The molecule has 2 aromatic carbocycles. The number of benzene rings is 2. The molecule has 0 saturated heterocycles. The topological polar surface area (TPSA) is 89.5 Å². The number of rotatable bonds is 17. The van der Waals surface area contributed by atoms with Gasteiger partial charge in [0.1, 0.15) is 0 Å². The van der Waals surface area contributed by atoms with E-state index in [0.717, 1.165) is 31.2 Å². The average Bonchev–Trinajstić information content (AvgIpc) is 3.08. The van der Waals surface area contributed by atoms with Gasteiger partial charge in [-0.15, -0.1) is 0 Å². The van der Waals surface area contributed by atoms with Crippen LogP contribution in [-0.2, 0) is 36.8 Å². The highest BCUT2D eigenvalue weighted by atomic mass is 28.5. The third-order valence-electron chi connectivity index (χ3n) is 6.62. The smallest absolute Gasteiger partial charge is 0.333 e. The summed E-state index contributed by atoms with van der Waals surface area (Å²) in [6.45, 7) is 32.4. The quantitative estimate of drug-likeness (QED) is 0.0671. The largest absolute Gasteiger partial charge is 0.463 e. The molecule has 0 saturated carbocycles. The van der Waals surface area contributed by atoms with E-state index < -0.39 is 25.2 Å². The number of ether oxygens (including phenoxy) is 4. The maximum atomic E-state index is 10.4. The Balaban J connectivity index is -0.0000000446. The van der Waals surface area contributed by atoms with Crippen LogP contribution in [0.2, 0.25) is 50.9 Å². The van der Waals surface area contributed by atoms with Gasteiger partial charge in [-0.25, -0.2) is 9.59 Å². The second-order valence-electron chi connectivity index (χ2n) is 12.6. The van der Waals surface area contributed by atoms with Crippen molar-refractivity contribution in [2.24, 2.45) is 0 Å². The molecule has 0 heterocycles. The van der Waals surface area contributed by atoms with Crippen LogP contribution < -0.4 is 0 Å². The van der Waals surface area contributed by atoms with Crippen LogP contribution in [0.25, 0.3) is 0 Å². The van der Waals surface area contributed by atoms with E-state index in [-0.39, 0.29) is 86.2 Å². The second kappa shape index (κ2) is 58.4. The molecule has 60 heavy (non-hydrogen) atoms. The molecule has 0 aliphatic heterocycles. The molecule has 2 aromatic rings. The summed E-state index contributed by atoms with van der Waals surface area (Å²) < 4.78 is 33.0. The Morgan fingerprint density at radius 1 is 0.483 bits per heavy atom. The molecule has 366 valence electrons. The van der Waals surface area contributed by atoms with E-state index in [1.54, 1.807) is 34.8 Å². The lowest BCUT2D eigenvalue weighted by Crippen LogP contribution is -2.54. The number of hydrogen-bond donors (Lipinski definition) is 0. The van der Waals surface area contributed by atoms with Crippen molar-refractivity contribution in [1.82, 2.24) is 0 Å². The highest BCUT2D eigenvalue weighted by molar-refractivity contribution is 6.88. The number of carbonyl (C=O) groups is 2. The highest BCUT2D eigenvalue weighted by Crippen LogP contribution is 2.28. The Morgan fingerprint density at radius 3 is 0.933 bits per heavy atom. The van der Waals surface area contributed by atoms with Crippen molar-refractivity contribution in [3.05, 3.63) is 97.1 Å². The normalized spacial score (nSPS) is 8.80. The summed E-state index contributed by atoms with van der Waals surface area (Å²) in [5.74, 6) is -0.625. The van der Waals surface area contributed by atoms with Gasteiger partial charge in [0.05, 0.1) is 26.4 Å². The van der Waals surface area contributed by atoms with E-state index in [4.69, 9.17) is 17.7 Å². The minimum atomic E-state index is -2.12. The standard InChI is InChI=1S/C15H38O4Si3.2C6H10O2.2C6H6.10CH4/c1-9-20(4,5)18-22(8,19-21(6,7)10-2)15-11-12-17-14-13-16-3;2*1-4-8-6(7)5(2)3;2*1-2-4-6-5-3-1;;;;;;;;;;/h9-15H2,1-8H3;2*2,4H2,1,3H3;2*1-6H;10*1H4. The fourth-order valence-electron chi connectivity index (χ4n) is 3.45. The summed E-state index contributed by atoms with van der Waals surface area (Å²) in [7, 11) is -3.64. The molecule has 0 fully saturated rings. The molecule has 8 nitrogen and oxygen atoms in total. The van der Waals surface area contributed by atoms with Gasteiger partial charge in [0.25, 0.3) is 0 Å². The van der Waals surface area contributed by atoms with Crippen LogP contribution in [0.5, 0.6) is 0 Å². The Kier molecular flexibility index (Phi) is 90.2. The van der Waals surface area contributed by atoms with Crippen LogP contribution in [0.3, 0.4) is 0 Å². The van der Waals surface area contributed by atoms with Crippen molar-refractivity contribution >= 4 is 37.1 Å². The number of carbonyl (C=O) groups excluding carboxylic acids is 2. The number of methoxy groups -OCH3 is 1. The molecule has 0 N–H and O–H groups in total. The van der Waals surface area contributed by atoms with Crippen molar-refractivity contribution < 1.29 is 36.8 Å². The zero-order valence-electron chi connectivity index (χ0n) is 33.5. The van der Waals surface area contributed by atoms with Crippen LogP contribution in [0.1, 0.15) is 122 Å². The highest BCUT2D eigenvalue weighted by Gasteiger charge is 2.41. The molecule has 0 aromatic heterocycles. The molecule has 11 heteroatoms. The zero-order valence-corrected chi connectivity index (χ0v) is 36.5. The number of hydrogen-bond acceptors (Lipinski definition) is 8. The van der Waals surface area contributed by atoms with Crippen LogP contribution in [0.15, 0.2) is 97.1 Å². The molecule has 2 rings (SSSR count). The van der Waals surface area contributed by atoms with Crippen molar-refractivity contribution in [2.75, 3.05) is 40.1 Å².